The molecule has 1 aromatic heterocycles. The monoisotopic (exact) mass is 412 g/mol. The maximum atomic E-state index is 12.3. The van der Waals surface area contributed by atoms with Crippen LogP contribution in [0.4, 0.5) is 0 Å². The molecule has 1 aromatic rings. The highest BCUT2D eigenvalue weighted by Gasteiger charge is 2.34. The van der Waals surface area contributed by atoms with Crippen molar-refractivity contribution in [1.29, 1.82) is 0 Å². The van der Waals surface area contributed by atoms with Gasteiger partial charge in [0.15, 0.2) is 0 Å². The van der Waals surface area contributed by atoms with Gasteiger partial charge < -0.3 is 25.5 Å². The number of carbonyl (C=O) groups is 2. The maximum absolute atomic E-state index is 12.3. The summed E-state index contributed by atoms with van der Waals surface area (Å²) >= 11 is 1.38. The summed E-state index contributed by atoms with van der Waals surface area (Å²) in [6.07, 6.45) is -4.73. The van der Waals surface area contributed by atoms with E-state index in [9.17, 15) is 30.0 Å². The van der Waals surface area contributed by atoms with Crippen LogP contribution in [0.15, 0.2) is 33.3 Å². The number of hydrogen-bond donors (Lipinski definition) is 6. The lowest BCUT2D eigenvalue weighted by Crippen LogP contribution is -2.47. The van der Waals surface area contributed by atoms with Crippen molar-refractivity contribution in [2.24, 2.45) is 10.1 Å². The van der Waals surface area contributed by atoms with Crippen molar-refractivity contribution in [2.45, 2.75) is 31.3 Å². The highest BCUT2D eigenvalue weighted by atomic mass is 32.1. The van der Waals surface area contributed by atoms with Crippen LogP contribution in [0.3, 0.4) is 0 Å². The van der Waals surface area contributed by atoms with Crippen LogP contribution in [0.25, 0.3) is 6.08 Å². The Bertz CT molecular complexity index is 793. The van der Waals surface area contributed by atoms with Crippen LogP contribution in [0.2, 0.25) is 0 Å². The summed E-state index contributed by atoms with van der Waals surface area (Å²) in [5, 5.41) is 52.4. The Balaban J connectivity index is 2.11. The van der Waals surface area contributed by atoms with Gasteiger partial charge in [0.1, 0.15) is 30.1 Å². The van der Waals surface area contributed by atoms with Gasteiger partial charge in [0, 0.05) is 11.8 Å². The molecular formula is C16H20N4O7S. The molecule has 152 valence electrons. The molecule has 0 saturated carbocycles. The van der Waals surface area contributed by atoms with Gasteiger partial charge in [0.25, 0.3) is 5.91 Å². The second-order valence-electron chi connectivity index (χ2n) is 5.75. The minimum Gasteiger partial charge on any atom is -0.394 e. The zero-order valence-corrected chi connectivity index (χ0v) is 15.5. The summed E-state index contributed by atoms with van der Waals surface area (Å²) in [6.45, 7) is 0.352. The predicted molar refractivity (Wildman–Crippen MR) is 100.0 cm³/mol. The van der Waals surface area contributed by atoms with Crippen LogP contribution < -0.4 is 5.43 Å². The third-order valence-corrected chi connectivity index (χ3v) is 4.49. The molecule has 0 spiro atoms. The molecule has 6 N–H and O–H groups in total. The van der Waals surface area contributed by atoms with Gasteiger partial charge in [-0.3, -0.25) is 9.59 Å². The fourth-order valence-electron chi connectivity index (χ4n) is 2.19. The SMILES string of the molecule is CC(=O)N1C(=O)/C(=C/c2cccs2)N=C1N/N=C/[C@@H](O)[C@@H](O)[C@H](O)[C@H](O)CO. The maximum Gasteiger partial charge on any atom is 0.286 e. The topological polar surface area (TPSA) is 175 Å². The molecule has 2 rings (SSSR count). The number of carbonyl (C=O) groups excluding carboxylic acids is 2. The highest BCUT2D eigenvalue weighted by Crippen LogP contribution is 2.20. The molecule has 0 saturated heterocycles. The summed E-state index contributed by atoms with van der Waals surface area (Å²) in [5.74, 6) is -1.46. The average molecular weight is 412 g/mol. The van der Waals surface area contributed by atoms with E-state index in [2.05, 4.69) is 15.5 Å². The van der Waals surface area contributed by atoms with Crippen molar-refractivity contribution in [3.8, 4) is 0 Å². The van der Waals surface area contributed by atoms with E-state index in [0.717, 1.165) is 22.9 Å². The van der Waals surface area contributed by atoms with Crippen molar-refractivity contribution in [3.05, 3.63) is 28.1 Å². The molecule has 0 aliphatic carbocycles. The van der Waals surface area contributed by atoms with Gasteiger partial charge in [-0.15, -0.1) is 11.3 Å². The number of nitrogens with one attached hydrogen (secondary N) is 1. The molecule has 0 unspecified atom stereocenters. The second kappa shape index (κ2) is 9.64. The van der Waals surface area contributed by atoms with Crippen molar-refractivity contribution in [3.63, 3.8) is 0 Å². The van der Waals surface area contributed by atoms with Gasteiger partial charge >= 0.3 is 0 Å². The number of guanidine groups is 1. The summed E-state index contributed by atoms with van der Waals surface area (Å²) < 4.78 is 0. The molecule has 11 nitrogen and oxygen atoms in total. The number of aliphatic imine (C=N–C) groups is 1. The number of hydrogen-bond acceptors (Lipinski definition) is 11. The predicted octanol–water partition coefficient (Wildman–Crippen LogP) is -2.15. The zero-order valence-electron chi connectivity index (χ0n) is 14.7. The van der Waals surface area contributed by atoms with E-state index >= 15 is 0 Å². The lowest BCUT2D eigenvalue weighted by molar-refractivity contribution is -0.135. The van der Waals surface area contributed by atoms with Crippen molar-refractivity contribution in [2.75, 3.05) is 6.61 Å². The second-order valence-corrected chi connectivity index (χ2v) is 6.73. The van der Waals surface area contributed by atoms with Crippen molar-refractivity contribution in [1.82, 2.24) is 10.3 Å². The van der Waals surface area contributed by atoms with Crippen LogP contribution in [-0.2, 0) is 9.59 Å². The van der Waals surface area contributed by atoms with Crippen LogP contribution in [0.1, 0.15) is 11.8 Å². The molecule has 2 amide bonds. The minimum atomic E-state index is -1.84. The summed E-state index contributed by atoms with van der Waals surface area (Å²) in [5.41, 5.74) is 2.33. The Hall–Kier alpha value is -2.48. The van der Waals surface area contributed by atoms with Gasteiger partial charge in [-0.1, -0.05) is 6.07 Å². The van der Waals surface area contributed by atoms with Crippen molar-refractivity contribution < 1.29 is 35.1 Å². The number of amides is 2. The van der Waals surface area contributed by atoms with E-state index < -0.39 is 42.8 Å². The number of hydrazone groups is 1. The molecular weight excluding hydrogens is 392 g/mol. The van der Waals surface area contributed by atoms with Gasteiger partial charge in [-0.2, -0.15) is 5.10 Å². The first-order valence-electron chi connectivity index (χ1n) is 8.07. The highest BCUT2D eigenvalue weighted by molar-refractivity contribution is 7.10. The Morgan fingerprint density at radius 3 is 2.64 bits per heavy atom. The quantitative estimate of drug-likeness (QED) is 0.167. The van der Waals surface area contributed by atoms with Gasteiger partial charge in [0.05, 0.1) is 12.8 Å². The first-order chi connectivity index (χ1) is 13.3. The molecule has 0 bridgehead atoms. The largest absolute Gasteiger partial charge is 0.394 e. The third kappa shape index (κ3) is 5.07. The Labute approximate surface area is 163 Å². The molecule has 28 heavy (non-hydrogen) atoms. The Morgan fingerprint density at radius 2 is 2.07 bits per heavy atom. The molecule has 1 aliphatic rings. The molecule has 0 aromatic carbocycles. The fraction of sp³-hybridized carbons (Fsp3) is 0.375. The summed E-state index contributed by atoms with van der Waals surface area (Å²) in [6, 6.07) is 3.56. The molecule has 0 radical (unpaired) electrons. The number of thiophene rings is 1. The van der Waals surface area contributed by atoms with E-state index in [1.807, 2.05) is 5.38 Å². The van der Waals surface area contributed by atoms with Crippen LogP contribution >= 0.6 is 11.3 Å². The average Bonchev–Trinajstić information content (AvgIpc) is 3.28. The number of rotatable bonds is 7. The van der Waals surface area contributed by atoms with Gasteiger partial charge in [-0.05, 0) is 17.5 Å². The molecule has 12 heteroatoms. The normalized spacial score (nSPS) is 20.4. The third-order valence-electron chi connectivity index (χ3n) is 3.67. The van der Waals surface area contributed by atoms with Gasteiger partial charge in [-0.25, -0.2) is 15.3 Å². The Morgan fingerprint density at radius 1 is 1.36 bits per heavy atom. The number of nitrogens with zero attached hydrogens (tertiary/aromatic N) is 3. The lowest BCUT2D eigenvalue weighted by Gasteiger charge is -2.23. The number of imide groups is 1. The molecule has 0 fully saturated rings. The number of aliphatic hydroxyl groups excluding tert-OH is 5. The van der Waals surface area contributed by atoms with Crippen LogP contribution in [0, 0.1) is 0 Å². The summed E-state index contributed by atoms with van der Waals surface area (Å²) in [7, 11) is 0. The van der Waals surface area contributed by atoms with Crippen LogP contribution in [-0.4, -0.2) is 85.4 Å². The van der Waals surface area contributed by atoms with E-state index in [0.29, 0.717) is 0 Å². The van der Waals surface area contributed by atoms with E-state index in [1.54, 1.807) is 12.1 Å². The fourth-order valence-corrected chi connectivity index (χ4v) is 2.84. The smallest absolute Gasteiger partial charge is 0.286 e. The molecule has 1 aliphatic heterocycles. The van der Waals surface area contributed by atoms with Gasteiger partial charge in [0.2, 0.25) is 11.9 Å². The van der Waals surface area contributed by atoms with Crippen molar-refractivity contribution >= 4 is 41.4 Å². The zero-order chi connectivity index (χ0) is 20.8. The molecule has 4 atom stereocenters. The lowest BCUT2D eigenvalue weighted by atomic mass is 10.0. The van der Waals surface area contributed by atoms with E-state index in [4.69, 9.17) is 5.11 Å². The van der Waals surface area contributed by atoms with E-state index in [-0.39, 0.29) is 11.7 Å². The molecule has 2 heterocycles. The van der Waals surface area contributed by atoms with Crippen LogP contribution in [0.5, 0.6) is 0 Å². The van der Waals surface area contributed by atoms with E-state index in [1.165, 1.54) is 17.4 Å². The first kappa shape index (κ1) is 21.8. The first-order valence-corrected chi connectivity index (χ1v) is 8.95. The Kier molecular flexibility index (Phi) is 7.51. The summed E-state index contributed by atoms with van der Waals surface area (Å²) in [4.78, 5) is 29.6. The standard InChI is InChI=1S/C16H20N4O7S/c1-8(22)20-15(27)10(5-9-3-2-4-28-9)18-16(20)19-17-6-11(23)13(25)14(26)12(24)7-21/h2-6,11-14,21,23-26H,7H2,1H3,(H,18,19)/b10-5-,17-6+/t11-,12-,13-,14-/m1/s1. The number of aliphatic hydroxyl groups is 5. The minimum absolute atomic E-state index is 0.0115.